The quantitative estimate of drug-likeness (QED) is 0.259. The summed E-state index contributed by atoms with van der Waals surface area (Å²) in [5.74, 6) is 0.741. The normalized spacial score (nSPS) is 28.5. The molecule has 6 rings (SSSR count). The van der Waals surface area contributed by atoms with Crippen molar-refractivity contribution in [1.82, 2.24) is 9.80 Å². The van der Waals surface area contributed by atoms with Crippen molar-refractivity contribution in [2.24, 2.45) is 5.92 Å². The first-order chi connectivity index (χ1) is 18.7. The molecule has 1 saturated heterocycles. The zero-order valence-electron chi connectivity index (χ0n) is 22.9. The molecule has 5 atom stereocenters. The number of aromatic hydroxyl groups is 1. The molecule has 4 aliphatic rings. The molecule has 39 heavy (non-hydrogen) atoms. The molecule has 1 N–H and O–H groups in total. The maximum Gasteiger partial charge on any atom is 0.308 e. The standard InChI is InChI=1S/C32H36N2O5/c1-5-14-34-15-13-32-23-10-11-24(33(4)28(37)12-9-21-8-6-7-19(2)16-21)31(32)39-30-27(38-20(3)35)18-26(36)22(29(30)32)17-25(23)34/h5-9,12,16,18,23-25,31,36H,1,10-11,13-15,17H2,2-4H3/t23-,24+,25+,31-,32-/m0/s1. The minimum atomic E-state index is -0.460. The molecule has 2 aromatic carbocycles. The highest BCUT2D eigenvalue weighted by Crippen LogP contribution is 2.65. The zero-order chi connectivity index (χ0) is 27.5. The maximum atomic E-state index is 13.5. The predicted octanol–water partition coefficient (Wildman–Crippen LogP) is 4.39. The Hall–Kier alpha value is -3.58. The maximum absolute atomic E-state index is 13.5. The van der Waals surface area contributed by atoms with Gasteiger partial charge >= 0.3 is 5.97 Å². The number of nitrogens with zero attached hydrogens (tertiary/aromatic N) is 2. The third kappa shape index (κ3) is 3.97. The van der Waals surface area contributed by atoms with Crippen LogP contribution in [0.4, 0.5) is 0 Å². The fraction of sp³-hybridized carbons (Fsp3) is 0.438. The highest BCUT2D eigenvalue weighted by molar-refractivity contribution is 5.92. The van der Waals surface area contributed by atoms with E-state index in [1.807, 2.05) is 49.2 Å². The van der Waals surface area contributed by atoms with Gasteiger partial charge in [0.05, 0.1) is 6.04 Å². The van der Waals surface area contributed by atoms with Gasteiger partial charge < -0.3 is 19.5 Å². The van der Waals surface area contributed by atoms with Gasteiger partial charge in [0.2, 0.25) is 5.91 Å². The summed E-state index contributed by atoms with van der Waals surface area (Å²) in [4.78, 5) is 29.7. The van der Waals surface area contributed by atoms with Crippen molar-refractivity contribution in [3.63, 3.8) is 0 Å². The Kier molecular flexibility index (Phi) is 6.29. The van der Waals surface area contributed by atoms with E-state index in [1.165, 1.54) is 13.0 Å². The molecule has 2 heterocycles. The van der Waals surface area contributed by atoms with Gasteiger partial charge in [-0.1, -0.05) is 35.9 Å². The van der Waals surface area contributed by atoms with Crippen LogP contribution in [0, 0.1) is 12.8 Å². The summed E-state index contributed by atoms with van der Waals surface area (Å²) in [6.45, 7) is 9.03. The van der Waals surface area contributed by atoms with Crippen LogP contribution in [-0.2, 0) is 21.4 Å². The van der Waals surface area contributed by atoms with E-state index in [9.17, 15) is 14.7 Å². The van der Waals surface area contributed by atoms with Crippen LogP contribution in [0.25, 0.3) is 6.08 Å². The number of ether oxygens (including phenoxy) is 2. The second-order valence-electron chi connectivity index (χ2n) is 11.5. The number of rotatable bonds is 6. The third-order valence-corrected chi connectivity index (χ3v) is 9.41. The topological polar surface area (TPSA) is 79.3 Å². The number of carbonyl (C=O) groups excluding carboxylic acids is 2. The average molecular weight is 529 g/mol. The second kappa shape index (κ2) is 9.56. The summed E-state index contributed by atoms with van der Waals surface area (Å²) < 4.78 is 12.3. The third-order valence-electron chi connectivity index (χ3n) is 9.41. The number of amides is 1. The Morgan fingerprint density at radius 2 is 2.13 bits per heavy atom. The van der Waals surface area contributed by atoms with Crippen molar-refractivity contribution >= 4 is 18.0 Å². The van der Waals surface area contributed by atoms with Gasteiger partial charge in [0.1, 0.15) is 11.9 Å². The Labute approximate surface area is 229 Å². The molecule has 204 valence electrons. The number of likely N-dealkylation sites (N-methyl/N-ethyl adjacent to an activating group) is 1. The molecular weight excluding hydrogens is 492 g/mol. The van der Waals surface area contributed by atoms with Gasteiger partial charge in [-0.25, -0.2) is 0 Å². The van der Waals surface area contributed by atoms with Gasteiger partial charge in [-0.15, -0.1) is 6.58 Å². The van der Waals surface area contributed by atoms with Gasteiger partial charge in [0.25, 0.3) is 0 Å². The van der Waals surface area contributed by atoms with Crippen molar-refractivity contribution in [2.75, 3.05) is 20.1 Å². The Morgan fingerprint density at radius 1 is 1.31 bits per heavy atom. The molecule has 2 aliphatic heterocycles. The lowest BCUT2D eigenvalue weighted by atomic mass is 9.51. The number of likely N-dealkylation sites (tertiary alicyclic amines) is 1. The van der Waals surface area contributed by atoms with Crippen LogP contribution >= 0.6 is 0 Å². The molecule has 2 aromatic rings. The number of benzene rings is 2. The molecule has 1 saturated carbocycles. The molecule has 0 radical (unpaired) electrons. The minimum Gasteiger partial charge on any atom is -0.508 e. The van der Waals surface area contributed by atoms with Crippen molar-refractivity contribution in [1.29, 1.82) is 0 Å². The molecule has 0 unspecified atom stereocenters. The largest absolute Gasteiger partial charge is 0.508 e. The van der Waals surface area contributed by atoms with E-state index in [-0.39, 0.29) is 41.0 Å². The number of esters is 1. The molecule has 7 heteroatoms. The summed E-state index contributed by atoms with van der Waals surface area (Å²) in [6, 6.07) is 9.66. The number of phenols is 1. The molecule has 2 bridgehead atoms. The summed E-state index contributed by atoms with van der Waals surface area (Å²) in [7, 11) is 1.86. The van der Waals surface area contributed by atoms with Crippen LogP contribution in [-0.4, -0.2) is 65.1 Å². The van der Waals surface area contributed by atoms with E-state index in [4.69, 9.17) is 9.47 Å². The van der Waals surface area contributed by atoms with Gasteiger partial charge in [-0.05, 0) is 56.7 Å². The SMILES string of the molecule is C=CCN1CC[C@]23c4c5c(O)cc(OC(C)=O)c4O[C@H]2[C@H](N(C)C(=O)C=Cc2cccc(C)c2)CC[C@H]3[C@H]1C5. The smallest absolute Gasteiger partial charge is 0.308 e. The lowest BCUT2D eigenvalue weighted by molar-refractivity contribution is -0.135. The van der Waals surface area contributed by atoms with E-state index in [2.05, 4.69) is 17.5 Å². The van der Waals surface area contributed by atoms with Gasteiger partial charge in [0, 0.05) is 55.2 Å². The average Bonchev–Trinajstić information content (AvgIpc) is 3.24. The monoisotopic (exact) mass is 528 g/mol. The Morgan fingerprint density at radius 3 is 2.87 bits per heavy atom. The van der Waals surface area contributed by atoms with Crippen LogP contribution < -0.4 is 9.47 Å². The lowest BCUT2D eigenvalue weighted by Gasteiger charge is -2.60. The zero-order valence-corrected chi connectivity index (χ0v) is 22.9. The number of hydrogen-bond donors (Lipinski definition) is 1. The Bertz CT molecular complexity index is 1380. The van der Waals surface area contributed by atoms with Crippen molar-refractivity contribution in [2.45, 2.75) is 63.1 Å². The fourth-order valence-corrected chi connectivity index (χ4v) is 7.89. The predicted molar refractivity (Wildman–Crippen MR) is 149 cm³/mol. The molecule has 1 amide bonds. The van der Waals surface area contributed by atoms with E-state index in [1.54, 1.807) is 6.08 Å². The van der Waals surface area contributed by atoms with Crippen molar-refractivity contribution in [3.8, 4) is 17.2 Å². The van der Waals surface area contributed by atoms with E-state index >= 15 is 0 Å². The number of hydrogen-bond acceptors (Lipinski definition) is 6. The number of carbonyl (C=O) groups is 2. The number of phenolic OH excluding ortho intramolecular Hbond substituents is 1. The summed E-state index contributed by atoms with van der Waals surface area (Å²) in [5.41, 5.74) is 3.64. The minimum absolute atomic E-state index is 0.0735. The molecule has 1 spiro atoms. The Balaban J connectivity index is 1.40. The van der Waals surface area contributed by atoms with Gasteiger partial charge in [-0.3, -0.25) is 14.5 Å². The first-order valence-electron chi connectivity index (χ1n) is 13.9. The molecule has 2 fully saturated rings. The summed E-state index contributed by atoms with van der Waals surface area (Å²) >= 11 is 0. The van der Waals surface area contributed by atoms with Crippen LogP contribution in [0.3, 0.4) is 0 Å². The van der Waals surface area contributed by atoms with Crippen LogP contribution in [0.5, 0.6) is 17.2 Å². The molecule has 7 nitrogen and oxygen atoms in total. The second-order valence-corrected chi connectivity index (χ2v) is 11.5. The van der Waals surface area contributed by atoms with Crippen LogP contribution in [0.2, 0.25) is 0 Å². The van der Waals surface area contributed by atoms with E-state index < -0.39 is 5.97 Å². The van der Waals surface area contributed by atoms with Gasteiger partial charge in [0.15, 0.2) is 11.5 Å². The fourth-order valence-electron chi connectivity index (χ4n) is 7.89. The molecule has 0 aromatic heterocycles. The van der Waals surface area contributed by atoms with E-state index in [0.717, 1.165) is 54.6 Å². The lowest BCUT2D eigenvalue weighted by Crippen LogP contribution is -2.68. The molecular formula is C32H36N2O5. The van der Waals surface area contributed by atoms with Gasteiger partial charge in [-0.2, -0.15) is 0 Å². The number of aryl methyl sites for hydroxylation is 1. The summed E-state index contributed by atoms with van der Waals surface area (Å²) in [6.07, 6.45) is 8.46. The first-order valence-corrected chi connectivity index (χ1v) is 13.9. The highest BCUT2D eigenvalue weighted by Gasteiger charge is 2.67. The van der Waals surface area contributed by atoms with Crippen molar-refractivity contribution < 1.29 is 24.2 Å². The van der Waals surface area contributed by atoms with Crippen LogP contribution in [0.1, 0.15) is 48.4 Å². The summed E-state index contributed by atoms with van der Waals surface area (Å²) in [5, 5.41) is 11.2. The van der Waals surface area contributed by atoms with Crippen molar-refractivity contribution in [3.05, 3.63) is 71.3 Å². The number of piperidine rings is 1. The molecule has 2 aliphatic carbocycles. The van der Waals surface area contributed by atoms with Crippen LogP contribution in [0.15, 0.2) is 49.1 Å². The van der Waals surface area contributed by atoms with E-state index in [0.29, 0.717) is 18.1 Å². The first kappa shape index (κ1) is 25.7. The highest BCUT2D eigenvalue weighted by atomic mass is 16.6.